The summed E-state index contributed by atoms with van der Waals surface area (Å²) in [5.41, 5.74) is 7.15. The Morgan fingerprint density at radius 3 is 2.68 bits per heavy atom. The minimum absolute atomic E-state index is 0.109. The summed E-state index contributed by atoms with van der Waals surface area (Å²) in [6, 6.07) is 8.44. The molecule has 0 bridgehead atoms. The molecule has 1 aromatic carbocycles. The maximum absolute atomic E-state index is 12.0. The average Bonchev–Trinajstić information content (AvgIpc) is 2.75. The number of hydrogen-bond donors (Lipinski definition) is 2. The second kappa shape index (κ2) is 6.53. The molecular formula is C15H21BrN2O. The molecule has 0 saturated heterocycles. The first kappa shape index (κ1) is 14.5. The van der Waals surface area contributed by atoms with Crippen molar-refractivity contribution in [3.05, 3.63) is 34.3 Å². The number of carbonyl (C=O) groups is 1. The molecule has 1 fully saturated rings. The van der Waals surface area contributed by atoms with Gasteiger partial charge in [0.1, 0.15) is 0 Å². The number of halogens is 1. The fraction of sp³-hybridized carbons (Fsp3) is 0.533. The lowest BCUT2D eigenvalue weighted by Gasteiger charge is -2.19. The van der Waals surface area contributed by atoms with Crippen LogP contribution in [-0.2, 0) is 4.79 Å². The molecule has 1 aromatic rings. The van der Waals surface area contributed by atoms with Gasteiger partial charge in [0.25, 0.3) is 0 Å². The predicted octanol–water partition coefficient (Wildman–Crippen LogP) is 2.94. The van der Waals surface area contributed by atoms with E-state index in [1.165, 1.54) is 5.56 Å². The molecule has 3 nitrogen and oxygen atoms in total. The average molecular weight is 325 g/mol. The summed E-state index contributed by atoms with van der Waals surface area (Å²) in [4.78, 5) is 12.0. The van der Waals surface area contributed by atoms with Gasteiger partial charge in [-0.3, -0.25) is 4.79 Å². The van der Waals surface area contributed by atoms with Crippen LogP contribution in [0.1, 0.15) is 44.1 Å². The Morgan fingerprint density at radius 1 is 1.42 bits per heavy atom. The highest BCUT2D eigenvalue weighted by Crippen LogP contribution is 2.22. The van der Waals surface area contributed by atoms with E-state index in [9.17, 15) is 4.79 Å². The summed E-state index contributed by atoms with van der Waals surface area (Å²) < 4.78 is 1.06. The summed E-state index contributed by atoms with van der Waals surface area (Å²) in [5, 5.41) is 3.07. The van der Waals surface area contributed by atoms with Crippen LogP contribution >= 0.6 is 15.9 Å². The molecule has 19 heavy (non-hydrogen) atoms. The number of carbonyl (C=O) groups excluding carboxylic acids is 1. The van der Waals surface area contributed by atoms with Gasteiger partial charge in [-0.25, -0.2) is 0 Å². The van der Waals surface area contributed by atoms with E-state index < -0.39 is 0 Å². The minimum atomic E-state index is 0.109. The highest BCUT2D eigenvalue weighted by Gasteiger charge is 2.25. The van der Waals surface area contributed by atoms with Crippen LogP contribution in [0.5, 0.6) is 0 Å². The second-order valence-electron chi connectivity index (χ2n) is 5.43. The molecule has 0 heterocycles. The van der Waals surface area contributed by atoms with Crippen LogP contribution in [0.15, 0.2) is 28.7 Å². The Morgan fingerprint density at radius 2 is 2.11 bits per heavy atom. The van der Waals surface area contributed by atoms with E-state index in [-0.39, 0.29) is 23.9 Å². The lowest BCUT2D eigenvalue weighted by molar-refractivity contribution is -0.122. The van der Waals surface area contributed by atoms with Crippen LogP contribution in [0, 0.1) is 0 Å². The van der Waals surface area contributed by atoms with Crippen molar-refractivity contribution in [3.8, 4) is 0 Å². The highest BCUT2D eigenvalue weighted by atomic mass is 79.9. The highest BCUT2D eigenvalue weighted by molar-refractivity contribution is 9.10. The quantitative estimate of drug-likeness (QED) is 0.894. The fourth-order valence-corrected chi connectivity index (χ4v) is 2.89. The van der Waals surface area contributed by atoms with Crippen LogP contribution in [0.2, 0.25) is 0 Å². The summed E-state index contributed by atoms with van der Waals surface area (Å²) in [5.74, 6) is 0.337. The van der Waals surface area contributed by atoms with Crippen LogP contribution in [0.3, 0.4) is 0 Å². The standard InChI is InChI=1S/C15H21BrN2O/c1-10(11-5-7-12(16)8-6-11)9-15(19)18-14-4-2-3-13(14)17/h5-8,10,13-14H,2-4,9,17H2,1H3,(H,18,19). The van der Waals surface area contributed by atoms with Gasteiger partial charge in [-0.1, -0.05) is 35.0 Å². The number of amides is 1. The molecule has 104 valence electrons. The predicted molar refractivity (Wildman–Crippen MR) is 80.9 cm³/mol. The molecule has 1 aliphatic rings. The van der Waals surface area contributed by atoms with Gasteiger partial charge < -0.3 is 11.1 Å². The van der Waals surface area contributed by atoms with Gasteiger partial charge in [0.05, 0.1) is 0 Å². The van der Waals surface area contributed by atoms with Gasteiger partial charge in [-0.05, 0) is 42.9 Å². The van der Waals surface area contributed by atoms with Gasteiger partial charge in [0.2, 0.25) is 5.91 Å². The second-order valence-corrected chi connectivity index (χ2v) is 6.34. The van der Waals surface area contributed by atoms with E-state index in [1.807, 2.05) is 12.1 Å². The zero-order valence-corrected chi connectivity index (χ0v) is 12.8. The number of nitrogens with two attached hydrogens (primary N) is 1. The molecule has 0 radical (unpaired) electrons. The van der Waals surface area contributed by atoms with E-state index in [1.54, 1.807) is 0 Å². The minimum Gasteiger partial charge on any atom is -0.352 e. The SMILES string of the molecule is CC(CC(=O)NC1CCCC1N)c1ccc(Br)cc1. The molecule has 0 spiro atoms. The number of rotatable bonds is 4. The molecular weight excluding hydrogens is 304 g/mol. The van der Waals surface area contributed by atoms with Crippen LogP contribution in [0.4, 0.5) is 0 Å². The molecule has 0 aromatic heterocycles. The maximum Gasteiger partial charge on any atom is 0.220 e. The van der Waals surface area contributed by atoms with Crippen LogP contribution in [0.25, 0.3) is 0 Å². The van der Waals surface area contributed by atoms with Gasteiger partial charge in [0, 0.05) is 23.0 Å². The van der Waals surface area contributed by atoms with Crippen molar-refractivity contribution in [2.75, 3.05) is 0 Å². The molecule has 1 amide bonds. The Labute approximate surface area is 123 Å². The summed E-state index contributed by atoms with van der Waals surface area (Å²) in [6.45, 7) is 2.08. The molecule has 2 rings (SSSR count). The van der Waals surface area contributed by atoms with E-state index in [0.29, 0.717) is 6.42 Å². The Bertz CT molecular complexity index is 432. The van der Waals surface area contributed by atoms with Crippen molar-refractivity contribution < 1.29 is 4.79 Å². The van der Waals surface area contributed by atoms with Crippen molar-refractivity contribution in [2.24, 2.45) is 5.73 Å². The van der Waals surface area contributed by atoms with Crippen LogP contribution < -0.4 is 11.1 Å². The normalized spacial score (nSPS) is 24.2. The molecule has 4 heteroatoms. The smallest absolute Gasteiger partial charge is 0.220 e. The molecule has 3 unspecified atom stereocenters. The third-order valence-electron chi connectivity index (χ3n) is 3.85. The monoisotopic (exact) mass is 324 g/mol. The summed E-state index contributed by atoms with van der Waals surface area (Å²) >= 11 is 3.42. The third kappa shape index (κ3) is 4.05. The molecule has 3 N–H and O–H groups in total. The Balaban J connectivity index is 1.86. The zero-order chi connectivity index (χ0) is 13.8. The molecule has 1 aliphatic carbocycles. The Kier molecular flexibility index (Phi) is 4.99. The molecule has 0 aliphatic heterocycles. The first-order valence-corrected chi connectivity index (χ1v) is 7.66. The lowest BCUT2D eigenvalue weighted by Crippen LogP contribution is -2.44. The lowest BCUT2D eigenvalue weighted by atomic mass is 9.97. The topological polar surface area (TPSA) is 55.1 Å². The van der Waals surface area contributed by atoms with E-state index in [2.05, 4.69) is 40.3 Å². The van der Waals surface area contributed by atoms with Crippen molar-refractivity contribution in [2.45, 2.75) is 50.6 Å². The van der Waals surface area contributed by atoms with Gasteiger partial charge >= 0.3 is 0 Å². The van der Waals surface area contributed by atoms with E-state index in [0.717, 1.165) is 23.7 Å². The van der Waals surface area contributed by atoms with Crippen LogP contribution in [-0.4, -0.2) is 18.0 Å². The van der Waals surface area contributed by atoms with Crippen molar-refractivity contribution in [1.82, 2.24) is 5.32 Å². The van der Waals surface area contributed by atoms with Crippen molar-refractivity contribution in [1.29, 1.82) is 0 Å². The number of benzene rings is 1. The van der Waals surface area contributed by atoms with Crippen molar-refractivity contribution >= 4 is 21.8 Å². The molecule has 1 saturated carbocycles. The van der Waals surface area contributed by atoms with Gasteiger partial charge in [-0.2, -0.15) is 0 Å². The Hall–Kier alpha value is -0.870. The van der Waals surface area contributed by atoms with Gasteiger partial charge in [0.15, 0.2) is 0 Å². The summed E-state index contributed by atoms with van der Waals surface area (Å²) in [7, 11) is 0. The van der Waals surface area contributed by atoms with E-state index in [4.69, 9.17) is 5.73 Å². The first-order chi connectivity index (χ1) is 9.06. The zero-order valence-electron chi connectivity index (χ0n) is 11.2. The molecule has 3 atom stereocenters. The summed E-state index contributed by atoms with van der Waals surface area (Å²) in [6.07, 6.45) is 3.67. The third-order valence-corrected chi connectivity index (χ3v) is 4.38. The van der Waals surface area contributed by atoms with Crippen molar-refractivity contribution in [3.63, 3.8) is 0 Å². The number of nitrogens with one attached hydrogen (secondary N) is 1. The number of hydrogen-bond acceptors (Lipinski definition) is 2. The maximum atomic E-state index is 12.0. The van der Waals surface area contributed by atoms with Gasteiger partial charge in [-0.15, -0.1) is 0 Å². The first-order valence-electron chi connectivity index (χ1n) is 6.86. The largest absolute Gasteiger partial charge is 0.352 e. The fourth-order valence-electron chi connectivity index (χ4n) is 2.62. The van der Waals surface area contributed by atoms with E-state index >= 15 is 0 Å².